The van der Waals surface area contributed by atoms with Crippen molar-refractivity contribution >= 4 is 29.3 Å². The monoisotopic (exact) mass is 491 g/mol. The average Bonchev–Trinajstić information content (AvgIpc) is 3.41. The fourth-order valence-corrected chi connectivity index (χ4v) is 4.01. The Labute approximate surface area is 208 Å². The van der Waals surface area contributed by atoms with Gasteiger partial charge in [-0.05, 0) is 67.8 Å². The summed E-state index contributed by atoms with van der Waals surface area (Å²) in [5.41, 5.74) is 5.21. The highest BCUT2D eigenvalue weighted by Gasteiger charge is 2.15. The van der Waals surface area contributed by atoms with Gasteiger partial charge in [0.25, 0.3) is 5.91 Å². The molecule has 2 aromatic heterocycles. The van der Waals surface area contributed by atoms with E-state index in [1.165, 1.54) is 7.11 Å². The Morgan fingerprint density at radius 2 is 1.74 bits per heavy atom. The van der Waals surface area contributed by atoms with Crippen LogP contribution >= 0.6 is 11.6 Å². The third-order valence-corrected chi connectivity index (χ3v) is 6.08. The lowest BCUT2D eigenvalue weighted by atomic mass is 10.1. The van der Waals surface area contributed by atoms with Crippen molar-refractivity contribution < 1.29 is 14.3 Å². The standard InChI is InChI=1S/C26H26ClN5O3/c1-17-23(12-13-25(33)35-3)18(2)32(30-17)22-10-6-20(7-11-22)26(34)29-24-14-15-28-31(24)16-19-4-8-21(27)9-5-19/h4-11,14-15H,12-13,16H2,1-3H3,(H,29,34). The average molecular weight is 492 g/mol. The topological polar surface area (TPSA) is 91.0 Å². The highest BCUT2D eigenvalue weighted by atomic mass is 35.5. The van der Waals surface area contributed by atoms with Gasteiger partial charge in [-0.25, -0.2) is 9.36 Å². The van der Waals surface area contributed by atoms with Crippen LogP contribution in [0.3, 0.4) is 0 Å². The van der Waals surface area contributed by atoms with Gasteiger partial charge in [0.05, 0.1) is 31.2 Å². The normalized spacial score (nSPS) is 10.9. The van der Waals surface area contributed by atoms with Gasteiger partial charge >= 0.3 is 5.97 Å². The Bertz CT molecular complexity index is 1340. The van der Waals surface area contributed by atoms with Crippen LogP contribution in [0.2, 0.25) is 5.02 Å². The number of hydrogen-bond acceptors (Lipinski definition) is 5. The summed E-state index contributed by atoms with van der Waals surface area (Å²) in [4.78, 5) is 24.4. The van der Waals surface area contributed by atoms with Gasteiger partial charge in [-0.2, -0.15) is 10.2 Å². The van der Waals surface area contributed by atoms with Gasteiger partial charge in [-0.1, -0.05) is 23.7 Å². The van der Waals surface area contributed by atoms with Crippen molar-refractivity contribution in [3.05, 3.63) is 93.9 Å². The van der Waals surface area contributed by atoms with Crippen molar-refractivity contribution in [1.82, 2.24) is 19.6 Å². The number of nitrogens with zero attached hydrogens (tertiary/aromatic N) is 4. The smallest absolute Gasteiger partial charge is 0.305 e. The lowest BCUT2D eigenvalue weighted by molar-refractivity contribution is -0.140. The van der Waals surface area contributed by atoms with Crippen LogP contribution in [-0.2, 0) is 22.5 Å². The van der Waals surface area contributed by atoms with E-state index in [0.717, 1.165) is 28.2 Å². The summed E-state index contributed by atoms with van der Waals surface area (Å²) in [6, 6.07) is 16.5. The zero-order chi connectivity index (χ0) is 24.9. The SMILES string of the molecule is COC(=O)CCc1c(C)nn(-c2ccc(C(=O)Nc3ccnn3Cc3ccc(Cl)cc3)cc2)c1C. The molecule has 0 radical (unpaired) electrons. The van der Waals surface area contributed by atoms with E-state index in [1.807, 2.05) is 54.9 Å². The molecule has 8 nitrogen and oxygen atoms in total. The van der Waals surface area contributed by atoms with E-state index in [-0.39, 0.29) is 11.9 Å². The van der Waals surface area contributed by atoms with Crippen molar-refractivity contribution in [3.63, 3.8) is 0 Å². The third kappa shape index (κ3) is 5.60. The largest absolute Gasteiger partial charge is 0.469 e. The molecule has 9 heteroatoms. The number of benzene rings is 2. The summed E-state index contributed by atoms with van der Waals surface area (Å²) in [6.45, 7) is 4.40. The molecule has 1 amide bonds. The summed E-state index contributed by atoms with van der Waals surface area (Å²) in [5, 5.41) is 12.5. The number of rotatable bonds is 8. The van der Waals surface area contributed by atoms with Crippen molar-refractivity contribution in [3.8, 4) is 5.69 Å². The Balaban J connectivity index is 1.46. The summed E-state index contributed by atoms with van der Waals surface area (Å²) in [5.74, 6) is 0.116. The van der Waals surface area contributed by atoms with Gasteiger partial charge in [0.1, 0.15) is 5.82 Å². The molecule has 0 aliphatic rings. The van der Waals surface area contributed by atoms with Crippen LogP contribution < -0.4 is 5.32 Å². The van der Waals surface area contributed by atoms with Gasteiger partial charge in [-0.15, -0.1) is 0 Å². The third-order valence-electron chi connectivity index (χ3n) is 5.83. The first kappa shape index (κ1) is 24.2. The molecule has 4 rings (SSSR count). The van der Waals surface area contributed by atoms with Crippen molar-refractivity contribution in [2.24, 2.45) is 0 Å². The summed E-state index contributed by atoms with van der Waals surface area (Å²) >= 11 is 5.96. The van der Waals surface area contributed by atoms with Crippen molar-refractivity contribution in [1.29, 1.82) is 0 Å². The first-order valence-corrected chi connectivity index (χ1v) is 11.5. The van der Waals surface area contributed by atoms with Gasteiger partial charge in [0, 0.05) is 28.8 Å². The maximum Gasteiger partial charge on any atom is 0.305 e. The quantitative estimate of drug-likeness (QED) is 0.359. The molecule has 0 atom stereocenters. The number of carbonyl (C=O) groups excluding carboxylic acids is 2. The lowest BCUT2D eigenvalue weighted by Gasteiger charge is -2.10. The second-order valence-electron chi connectivity index (χ2n) is 8.14. The Morgan fingerprint density at radius 1 is 1.03 bits per heavy atom. The highest BCUT2D eigenvalue weighted by Crippen LogP contribution is 2.21. The molecule has 0 aliphatic heterocycles. The number of hydrogen-bond donors (Lipinski definition) is 1. The predicted octanol–water partition coefficient (Wildman–Crippen LogP) is 4.75. The van der Waals surface area contributed by atoms with Gasteiger partial charge < -0.3 is 10.1 Å². The van der Waals surface area contributed by atoms with E-state index in [2.05, 4.69) is 15.5 Å². The first-order chi connectivity index (χ1) is 16.9. The molecule has 2 heterocycles. The minimum absolute atomic E-state index is 0.235. The maximum absolute atomic E-state index is 12.9. The Morgan fingerprint density at radius 3 is 2.43 bits per heavy atom. The predicted molar refractivity (Wildman–Crippen MR) is 134 cm³/mol. The van der Waals surface area contributed by atoms with Gasteiger partial charge in [0.2, 0.25) is 0 Å². The van der Waals surface area contributed by atoms with Crippen molar-refractivity contribution in [2.75, 3.05) is 12.4 Å². The Kier molecular flexibility index (Phi) is 7.31. The number of nitrogens with one attached hydrogen (secondary N) is 1. The van der Waals surface area contributed by atoms with E-state index in [9.17, 15) is 9.59 Å². The number of esters is 1. The summed E-state index contributed by atoms with van der Waals surface area (Å²) < 4.78 is 8.29. The van der Waals surface area contributed by atoms with Crippen LogP contribution in [0, 0.1) is 13.8 Å². The van der Waals surface area contributed by atoms with Crippen LogP contribution in [0.15, 0.2) is 60.8 Å². The number of aryl methyl sites for hydroxylation is 1. The molecule has 0 spiro atoms. The van der Waals surface area contributed by atoms with Crippen LogP contribution in [0.5, 0.6) is 0 Å². The molecule has 2 aromatic carbocycles. The maximum atomic E-state index is 12.9. The number of halogens is 1. The van der Waals surface area contributed by atoms with Crippen LogP contribution in [0.25, 0.3) is 5.69 Å². The van der Waals surface area contributed by atoms with E-state index in [4.69, 9.17) is 16.3 Å². The fraction of sp³-hybridized carbons (Fsp3) is 0.231. The Hall–Kier alpha value is -3.91. The summed E-state index contributed by atoms with van der Waals surface area (Å²) in [6.07, 6.45) is 2.52. The highest BCUT2D eigenvalue weighted by molar-refractivity contribution is 6.30. The van der Waals surface area contributed by atoms with E-state index < -0.39 is 0 Å². The molecule has 0 saturated carbocycles. The van der Waals surface area contributed by atoms with Gasteiger partial charge in [0.15, 0.2) is 0 Å². The number of anilines is 1. The van der Waals surface area contributed by atoms with Crippen LogP contribution in [0.1, 0.15) is 39.3 Å². The molecule has 0 bridgehead atoms. The number of carbonyl (C=O) groups is 2. The molecular weight excluding hydrogens is 466 g/mol. The second-order valence-corrected chi connectivity index (χ2v) is 8.58. The van der Waals surface area contributed by atoms with E-state index >= 15 is 0 Å². The van der Waals surface area contributed by atoms with Crippen LogP contribution in [-0.4, -0.2) is 38.5 Å². The van der Waals surface area contributed by atoms with Gasteiger partial charge in [-0.3, -0.25) is 9.59 Å². The fourth-order valence-electron chi connectivity index (χ4n) is 3.89. The first-order valence-electron chi connectivity index (χ1n) is 11.2. The second kappa shape index (κ2) is 10.6. The number of ether oxygens (including phenoxy) is 1. The van der Waals surface area contributed by atoms with Crippen molar-refractivity contribution in [2.45, 2.75) is 33.2 Å². The molecular formula is C26H26ClN5O3. The molecule has 0 fully saturated rings. The molecule has 4 aromatic rings. The van der Waals surface area contributed by atoms with E-state index in [0.29, 0.717) is 35.8 Å². The molecule has 0 saturated heterocycles. The number of methoxy groups -OCH3 is 1. The molecule has 180 valence electrons. The minimum Gasteiger partial charge on any atom is -0.469 e. The lowest BCUT2D eigenvalue weighted by Crippen LogP contribution is -2.16. The summed E-state index contributed by atoms with van der Waals surface area (Å²) in [7, 11) is 1.39. The molecule has 1 N–H and O–H groups in total. The zero-order valence-electron chi connectivity index (χ0n) is 19.8. The molecule has 0 unspecified atom stereocenters. The molecule has 35 heavy (non-hydrogen) atoms. The number of amides is 1. The number of aromatic nitrogens is 4. The zero-order valence-corrected chi connectivity index (χ0v) is 20.5. The van der Waals surface area contributed by atoms with Crippen LogP contribution in [0.4, 0.5) is 5.82 Å². The molecule has 0 aliphatic carbocycles. The minimum atomic E-state index is -0.249. The van der Waals surface area contributed by atoms with E-state index in [1.54, 1.807) is 29.1 Å².